The Morgan fingerprint density at radius 2 is 1.89 bits per heavy atom. The van der Waals surface area contributed by atoms with Crippen LogP contribution in [-0.4, -0.2) is 31.6 Å². The van der Waals surface area contributed by atoms with E-state index in [4.69, 9.17) is 4.74 Å². The fourth-order valence-electron chi connectivity index (χ4n) is 1.39. The largest absolute Gasteiger partial charge is 0.452 e. The second-order valence-electron chi connectivity index (χ2n) is 4.02. The van der Waals surface area contributed by atoms with Gasteiger partial charge in [-0.15, -0.1) is 0 Å². The van der Waals surface area contributed by atoms with E-state index in [1.807, 2.05) is 18.3 Å². The Morgan fingerprint density at radius 3 is 2.53 bits per heavy atom. The number of rotatable bonds is 3. The van der Waals surface area contributed by atoms with Crippen molar-refractivity contribution in [3.8, 4) is 0 Å². The van der Waals surface area contributed by atoms with Gasteiger partial charge in [-0.2, -0.15) is 0 Å². The Balaban J connectivity index is 2.58. The first-order chi connectivity index (χ1) is 8.93. The molecule has 1 aromatic rings. The Kier molecular flexibility index (Phi) is 5.05. The third-order valence-corrected chi connectivity index (χ3v) is 2.43. The van der Waals surface area contributed by atoms with E-state index in [0.29, 0.717) is 5.56 Å². The summed E-state index contributed by atoms with van der Waals surface area (Å²) in [5.41, 5.74) is 2.10. The zero-order valence-electron chi connectivity index (χ0n) is 11.1. The zero-order chi connectivity index (χ0) is 14.4. The maximum Gasteiger partial charge on any atom is 0.338 e. The number of amides is 3. The number of carbonyl (C=O) groups excluding carboxylic acids is 3. The van der Waals surface area contributed by atoms with Gasteiger partial charge in [0.25, 0.3) is 5.91 Å². The summed E-state index contributed by atoms with van der Waals surface area (Å²) in [5, 5.41) is 4.22. The molecule has 0 aliphatic rings. The van der Waals surface area contributed by atoms with Gasteiger partial charge in [0.2, 0.25) is 0 Å². The van der Waals surface area contributed by atoms with Crippen molar-refractivity contribution in [1.29, 1.82) is 0 Å². The molecule has 0 saturated heterocycles. The van der Waals surface area contributed by atoms with Crippen molar-refractivity contribution in [2.45, 2.75) is 13.8 Å². The van der Waals surface area contributed by atoms with Crippen molar-refractivity contribution < 1.29 is 19.1 Å². The van der Waals surface area contributed by atoms with Gasteiger partial charge in [0.05, 0.1) is 5.56 Å². The molecule has 102 valence electrons. The van der Waals surface area contributed by atoms with E-state index >= 15 is 0 Å². The third-order valence-electron chi connectivity index (χ3n) is 2.43. The molecule has 0 fully saturated rings. The molecule has 0 spiro atoms. The first-order valence-corrected chi connectivity index (χ1v) is 5.70. The fourth-order valence-corrected chi connectivity index (χ4v) is 1.39. The quantitative estimate of drug-likeness (QED) is 0.795. The smallest absolute Gasteiger partial charge is 0.338 e. The highest BCUT2D eigenvalue weighted by Crippen LogP contribution is 2.11. The second kappa shape index (κ2) is 6.53. The van der Waals surface area contributed by atoms with Gasteiger partial charge in [-0.1, -0.05) is 17.7 Å². The summed E-state index contributed by atoms with van der Waals surface area (Å²) in [6.45, 7) is 3.13. The molecule has 1 rings (SSSR count). The van der Waals surface area contributed by atoms with Crippen LogP contribution in [0.4, 0.5) is 4.79 Å². The summed E-state index contributed by atoms with van der Waals surface area (Å²) in [5.74, 6) is -1.27. The Bertz CT molecular complexity index is 511. The van der Waals surface area contributed by atoms with Gasteiger partial charge in [-0.3, -0.25) is 10.1 Å². The van der Waals surface area contributed by atoms with Crippen LogP contribution in [-0.2, 0) is 9.53 Å². The minimum absolute atomic E-state index is 0.410. The molecule has 0 aromatic heterocycles. The molecule has 0 radical (unpaired) electrons. The average Bonchev–Trinajstić information content (AvgIpc) is 2.38. The normalized spacial score (nSPS) is 9.63. The average molecular weight is 264 g/mol. The highest BCUT2D eigenvalue weighted by molar-refractivity contribution is 5.97. The van der Waals surface area contributed by atoms with Gasteiger partial charge < -0.3 is 10.1 Å². The Morgan fingerprint density at radius 1 is 1.21 bits per heavy atom. The minimum Gasteiger partial charge on any atom is -0.452 e. The Labute approximate surface area is 111 Å². The molecule has 3 amide bonds. The van der Waals surface area contributed by atoms with E-state index in [1.54, 1.807) is 19.1 Å². The molecule has 0 bridgehead atoms. The first kappa shape index (κ1) is 14.7. The fraction of sp³-hybridized carbons (Fsp3) is 0.308. The van der Waals surface area contributed by atoms with Gasteiger partial charge in [0.15, 0.2) is 6.61 Å². The van der Waals surface area contributed by atoms with Crippen molar-refractivity contribution in [3.05, 3.63) is 34.9 Å². The summed E-state index contributed by atoms with van der Waals surface area (Å²) in [4.78, 5) is 33.9. The summed E-state index contributed by atoms with van der Waals surface area (Å²) in [6.07, 6.45) is 0. The van der Waals surface area contributed by atoms with E-state index < -0.39 is 24.5 Å². The predicted molar refractivity (Wildman–Crippen MR) is 68.8 cm³/mol. The van der Waals surface area contributed by atoms with Crippen molar-refractivity contribution in [3.63, 3.8) is 0 Å². The molecule has 0 unspecified atom stereocenters. The Hall–Kier alpha value is -2.37. The number of aryl methyl sites for hydroxylation is 2. The molecule has 0 saturated carbocycles. The van der Waals surface area contributed by atoms with Crippen LogP contribution in [0.25, 0.3) is 0 Å². The number of benzene rings is 1. The minimum atomic E-state index is -0.682. The maximum atomic E-state index is 11.8. The topological polar surface area (TPSA) is 84.5 Å². The molecular formula is C13H16N2O4. The third kappa shape index (κ3) is 4.42. The molecule has 0 aliphatic heterocycles. The van der Waals surface area contributed by atoms with Crippen molar-refractivity contribution in [1.82, 2.24) is 10.6 Å². The number of nitrogens with one attached hydrogen (secondary N) is 2. The summed E-state index contributed by atoms with van der Waals surface area (Å²) in [7, 11) is 1.38. The number of hydrogen-bond donors (Lipinski definition) is 2. The summed E-state index contributed by atoms with van der Waals surface area (Å²) in [6, 6.07) is 4.72. The summed E-state index contributed by atoms with van der Waals surface area (Å²) >= 11 is 0. The van der Waals surface area contributed by atoms with Crippen LogP contribution in [0.2, 0.25) is 0 Å². The van der Waals surface area contributed by atoms with Crippen LogP contribution in [0.15, 0.2) is 18.2 Å². The van der Waals surface area contributed by atoms with Crippen molar-refractivity contribution in [2.75, 3.05) is 13.7 Å². The monoisotopic (exact) mass is 264 g/mol. The van der Waals surface area contributed by atoms with Crippen LogP contribution in [0.5, 0.6) is 0 Å². The maximum absolute atomic E-state index is 11.8. The van der Waals surface area contributed by atoms with Crippen molar-refractivity contribution in [2.24, 2.45) is 0 Å². The predicted octanol–water partition coefficient (Wildman–Crippen LogP) is 0.916. The van der Waals surface area contributed by atoms with Gasteiger partial charge in [0.1, 0.15) is 0 Å². The number of imide groups is 1. The lowest BCUT2D eigenvalue weighted by atomic mass is 10.1. The second-order valence-corrected chi connectivity index (χ2v) is 4.02. The number of hydrogen-bond acceptors (Lipinski definition) is 4. The van der Waals surface area contributed by atoms with E-state index in [1.165, 1.54) is 7.05 Å². The van der Waals surface area contributed by atoms with Crippen molar-refractivity contribution >= 4 is 17.9 Å². The van der Waals surface area contributed by atoms with Crippen LogP contribution in [0.3, 0.4) is 0 Å². The van der Waals surface area contributed by atoms with E-state index in [2.05, 4.69) is 5.32 Å². The first-order valence-electron chi connectivity index (χ1n) is 5.70. The molecule has 2 N–H and O–H groups in total. The van der Waals surface area contributed by atoms with Gasteiger partial charge in [-0.05, 0) is 25.5 Å². The van der Waals surface area contributed by atoms with Crippen LogP contribution < -0.4 is 10.6 Å². The molecule has 0 atom stereocenters. The van der Waals surface area contributed by atoms with Gasteiger partial charge in [-0.25, -0.2) is 9.59 Å². The van der Waals surface area contributed by atoms with Crippen LogP contribution in [0.1, 0.15) is 21.5 Å². The zero-order valence-corrected chi connectivity index (χ0v) is 11.1. The highest BCUT2D eigenvalue weighted by atomic mass is 16.5. The standard InChI is InChI=1S/C13H16N2O4/c1-8-4-5-9(2)10(6-8)12(17)19-7-11(16)15-13(18)14-3/h4-6H,7H2,1-3H3,(H2,14,15,16,18). The van der Waals surface area contributed by atoms with E-state index in [0.717, 1.165) is 11.1 Å². The molecule has 19 heavy (non-hydrogen) atoms. The molecule has 0 aliphatic carbocycles. The number of urea groups is 1. The van der Waals surface area contributed by atoms with Crippen LogP contribution >= 0.6 is 0 Å². The SMILES string of the molecule is CNC(=O)NC(=O)COC(=O)c1cc(C)ccc1C. The molecule has 6 heteroatoms. The van der Waals surface area contributed by atoms with Crippen LogP contribution in [0, 0.1) is 13.8 Å². The van der Waals surface area contributed by atoms with E-state index in [-0.39, 0.29) is 0 Å². The van der Waals surface area contributed by atoms with Gasteiger partial charge in [0, 0.05) is 7.05 Å². The number of ether oxygens (including phenoxy) is 1. The molecule has 0 heterocycles. The number of carbonyl (C=O) groups is 3. The van der Waals surface area contributed by atoms with Gasteiger partial charge >= 0.3 is 12.0 Å². The lowest BCUT2D eigenvalue weighted by Gasteiger charge is -2.08. The lowest BCUT2D eigenvalue weighted by Crippen LogP contribution is -2.39. The molecule has 6 nitrogen and oxygen atoms in total. The summed E-state index contributed by atoms with van der Waals surface area (Å²) < 4.78 is 4.84. The highest BCUT2D eigenvalue weighted by Gasteiger charge is 2.13. The molecular weight excluding hydrogens is 248 g/mol. The lowest BCUT2D eigenvalue weighted by molar-refractivity contribution is -0.123. The number of esters is 1. The van der Waals surface area contributed by atoms with E-state index in [9.17, 15) is 14.4 Å². The molecule has 1 aromatic carbocycles.